The molecule has 0 aromatic carbocycles. The Hall–Kier alpha value is -0.830. The van der Waals surface area contributed by atoms with E-state index < -0.39 is 0 Å². The summed E-state index contributed by atoms with van der Waals surface area (Å²) in [6.45, 7) is 0.995. The van der Waals surface area contributed by atoms with Crippen LogP contribution >= 0.6 is 11.8 Å². The average molecular weight is 192 g/mol. The molecular formula is C10H12N2S. The van der Waals surface area contributed by atoms with Crippen molar-refractivity contribution in [2.45, 2.75) is 24.3 Å². The van der Waals surface area contributed by atoms with E-state index in [1.165, 1.54) is 17.9 Å². The summed E-state index contributed by atoms with van der Waals surface area (Å²) in [5, 5.41) is 2.30. The van der Waals surface area contributed by atoms with Gasteiger partial charge in [-0.1, -0.05) is 17.8 Å². The second kappa shape index (κ2) is 4.42. The van der Waals surface area contributed by atoms with Crippen molar-refractivity contribution < 1.29 is 0 Å². The lowest BCUT2D eigenvalue weighted by Crippen LogP contribution is -2.01. The zero-order valence-electron chi connectivity index (χ0n) is 7.44. The fourth-order valence-corrected chi connectivity index (χ4v) is 2.19. The molecule has 1 aromatic rings. The first-order chi connectivity index (χ1) is 6.45. The van der Waals surface area contributed by atoms with E-state index in [0.29, 0.717) is 0 Å². The van der Waals surface area contributed by atoms with Crippen LogP contribution in [0.2, 0.25) is 0 Å². The molecule has 0 aliphatic carbocycles. The summed E-state index contributed by atoms with van der Waals surface area (Å²) in [6, 6.07) is 5.98. The number of pyridine rings is 1. The maximum absolute atomic E-state index is 4.46. The second-order valence-corrected chi connectivity index (χ2v) is 4.10. The molecule has 2 heterocycles. The molecule has 13 heavy (non-hydrogen) atoms. The van der Waals surface area contributed by atoms with Gasteiger partial charge in [-0.05, 0) is 31.4 Å². The van der Waals surface area contributed by atoms with Crippen LogP contribution in [0.15, 0.2) is 34.4 Å². The third-order valence-corrected chi connectivity index (χ3v) is 2.97. The summed E-state index contributed by atoms with van der Waals surface area (Å²) < 4.78 is 0. The van der Waals surface area contributed by atoms with Gasteiger partial charge in [-0.3, -0.25) is 4.99 Å². The van der Waals surface area contributed by atoms with Crippen molar-refractivity contribution in [3.8, 4) is 0 Å². The monoisotopic (exact) mass is 192 g/mol. The summed E-state index contributed by atoms with van der Waals surface area (Å²) in [4.78, 5) is 8.72. The van der Waals surface area contributed by atoms with Crippen molar-refractivity contribution in [3.05, 3.63) is 24.4 Å². The minimum atomic E-state index is 0.995. The highest BCUT2D eigenvalue weighted by Crippen LogP contribution is 2.22. The molecule has 0 N–H and O–H groups in total. The lowest BCUT2D eigenvalue weighted by Gasteiger charge is -2.09. The molecule has 2 nitrogen and oxygen atoms in total. The normalized spacial score (nSPS) is 16.8. The molecule has 0 fully saturated rings. The molecule has 0 spiro atoms. The van der Waals surface area contributed by atoms with Crippen LogP contribution in [-0.4, -0.2) is 16.6 Å². The highest BCUT2D eigenvalue weighted by molar-refractivity contribution is 8.13. The first-order valence-corrected chi connectivity index (χ1v) is 5.39. The molecule has 0 saturated heterocycles. The van der Waals surface area contributed by atoms with Gasteiger partial charge in [0.1, 0.15) is 5.03 Å². The minimum absolute atomic E-state index is 0.995. The smallest absolute Gasteiger partial charge is 0.102 e. The highest BCUT2D eigenvalue weighted by atomic mass is 32.2. The van der Waals surface area contributed by atoms with E-state index in [2.05, 4.69) is 9.98 Å². The van der Waals surface area contributed by atoms with Crippen LogP contribution in [-0.2, 0) is 0 Å². The topological polar surface area (TPSA) is 25.2 Å². The molecular weight excluding hydrogens is 180 g/mol. The van der Waals surface area contributed by atoms with Crippen molar-refractivity contribution in [2.24, 2.45) is 4.99 Å². The summed E-state index contributed by atoms with van der Waals surface area (Å²) in [5.74, 6) is 0. The van der Waals surface area contributed by atoms with Gasteiger partial charge < -0.3 is 0 Å². The van der Waals surface area contributed by atoms with E-state index in [4.69, 9.17) is 0 Å². The standard InChI is InChI=1S/C10H12N2S/c1-3-7-11-9(5-1)13-10-6-2-4-8-12-10/h1,3,5,7H,2,4,6,8H2. The molecule has 0 atom stereocenters. The lowest BCUT2D eigenvalue weighted by molar-refractivity contribution is 0.745. The van der Waals surface area contributed by atoms with Crippen LogP contribution < -0.4 is 0 Å². The van der Waals surface area contributed by atoms with Crippen molar-refractivity contribution in [1.29, 1.82) is 0 Å². The lowest BCUT2D eigenvalue weighted by atomic mass is 10.2. The number of rotatable bonds is 1. The Balaban J connectivity index is 2.01. The number of hydrogen-bond donors (Lipinski definition) is 0. The summed E-state index contributed by atoms with van der Waals surface area (Å²) in [6.07, 6.45) is 5.47. The maximum Gasteiger partial charge on any atom is 0.102 e. The van der Waals surface area contributed by atoms with Gasteiger partial charge in [0.25, 0.3) is 0 Å². The maximum atomic E-state index is 4.46. The molecule has 0 unspecified atom stereocenters. The van der Waals surface area contributed by atoms with Gasteiger partial charge in [-0.2, -0.15) is 0 Å². The predicted molar refractivity (Wildman–Crippen MR) is 56.2 cm³/mol. The zero-order valence-corrected chi connectivity index (χ0v) is 8.26. The fourth-order valence-electron chi connectivity index (χ4n) is 1.28. The third-order valence-electron chi connectivity index (χ3n) is 1.95. The van der Waals surface area contributed by atoms with Gasteiger partial charge in [0.05, 0.1) is 5.04 Å². The van der Waals surface area contributed by atoms with Crippen LogP contribution in [0.25, 0.3) is 0 Å². The highest BCUT2D eigenvalue weighted by Gasteiger charge is 2.06. The third kappa shape index (κ3) is 2.56. The van der Waals surface area contributed by atoms with Gasteiger partial charge >= 0.3 is 0 Å². The number of nitrogens with zero attached hydrogens (tertiary/aromatic N) is 2. The van der Waals surface area contributed by atoms with E-state index >= 15 is 0 Å². The first kappa shape index (κ1) is 8.75. The van der Waals surface area contributed by atoms with E-state index in [-0.39, 0.29) is 0 Å². The van der Waals surface area contributed by atoms with E-state index in [1.54, 1.807) is 11.8 Å². The first-order valence-electron chi connectivity index (χ1n) is 4.57. The number of hydrogen-bond acceptors (Lipinski definition) is 3. The van der Waals surface area contributed by atoms with Crippen LogP contribution in [0, 0.1) is 0 Å². The fraction of sp³-hybridized carbons (Fsp3) is 0.400. The van der Waals surface area contributed by atoms with Gasteiger partial charge in [-0.25, -0.2) is 4.98 Å². The number of thioether (sulfide) groups is 1. The van der Waals surface area contributed by atoms with Gasteiger partial charge in [0, 0.05) is 12.7 Å². The SMILES string of the molecule is c1ccc(SC2=NCCCC2)nc1. The molecule has 1 aliphatic rings. The van der Waals surface area contributed by atoms with Crippen molar-refractivity contribution >= 4 is 16.8 Å². The number of aromatic nitrogens is 1. The molecule has 0 saturated carbocycles. The van der Waals surface area contributed by atoms with Crippen molar-refractivity contribution in [3.63, 3.8) is 0 Å². The van der Waals surface area contributed by atoms with Gasteiger partial charge in [0.2, 0.25) is 0 Å². The second-order valence-electron chi connectivity index (χ2n) is 3.00. The largest absolute Gasteiger partial charge is 0.283 e. The molecule has 0 bridgehead atoms. The molecule has 2 rings (SSSR count). The molecule has 0 radical (unpaired) electrons. The van der Waals surface area contributed by atoms with E-state index in [0.717, 1.165) is 18.0 Å². The summed E-state index contributed by atoms with van der Waals surface area (Å²) >= 11 is 1.70. The van der Waals surface area contributed by atoms with Crippen LogP contribution in [0.3, 0.4) is 0 Å². The zero-order chi connectivity index (χ0) is 8.93. The van der Waals surface area contributed by atoms with Crippen molar-refractivity contribution in [1.82, 2.24) is 4.98 Å². The Labute approximate surface area is 82.5 Å². The summed E-state index contributed by atoms with van der Waals surface area (Å²) in [7, 11) is 0. The van der Waals surface area contributed by atoms with Gasteiger partial charge in [0.15, 0.2) is 0 Å². The number of aliphatic imine (C=N–C) groups is 1. The Morgan fingerprint density at radius 1 is 1.23 bits per heavy atom. The van der Waals surface area contributed by atoms with Crippen LogP contribution in [0.1, 0.15) is 19.3 Å². The quantitative estimate of drug-likeness (QED) is 0.683. The molecule has 1 aliphatic heterocycles. The van der Waals surface area contributed by atoms with E-state index in [1.807, 2.05) is 24.4 Å². The Morgan fingerprint density at radius 2 is 2.23 bits per heavy atom. The molecule has 1 aromatic heterocycles. The minimum Gasteiger partial charge on any atom is -0.283 e. The van der Waals surface area contributed by atoms with Crippen LogP contribution in [0.5, 0.6) is 0 Å². The summed E-state index contributed by atoms with van der Waals surface area (Å²) in [5.41, 5.74) is 0. The van der Waals surface area contributed by atoms with E-state index in [9.17, 15) is 0 Å². The molecule has 68 valence electrons. The van der Waals surface area contributed by atoms with Gasteiger partial charge in [-0.15, -0.1) is 0 Å². The Bertz CT molecular complexity index is 295. The average Bonchev–Trinajstić information content (AvgIpc) is 2.21. The Kier molecular flexibility index (Phi) is 2.98. The molecule has 3 heteroatoms. The predicted octanol–water partition coefficient (Wildman–Crippen LogP) is 2.76. The van der Waals surface area contributed by atoms with Crippen molar-refractivity contribution in [2.75, 3.05) is 6.54 Å². The van der Waals surface area contributed by atoms with Crippen LogP contribution in [0.4, 0.5) is 0 Å². The Morgan fingerprint density at radius 3 is 2.92 bits per heavy atom. The molecule has 0 amide bonds.